The molecule has 1 heterocycles. The van der Waals surface area contributed by atoms with E-state index in [0.29, 0.717) is 28.0 Å². The van der Waals surface area contributed by atoms with E-state index in [1.807, 2.05) is 6.07 Å². The van der Waals surface area contributed by atoms with Gasteiger partial charge in [-0.3, -0.25) is 4.79 Å². The van der Waals surface area contributed by atoms with Gasteiger partial charge in [-0.2, -0.15) is 5.10 Å². The number of nitrogens with zero attached hydrogens (tertiary/aromatic N) is 2. The first-order chi connectivity index (χ1) is 12.0. The second-order valence-electron chi connectivity index (χ2n) is 5.50. The standard InChI is InChI=1S/C18H14Cl2FN3O/c1-11-5-6-13(21)9-14(11)18(25)23-16-7-8-22-24(16)10-12-3-2-4-15(19)17(12)20/h2-9H,10H2,1H3,(H,23,25). The molecule has 1 aromatic heterocycles. The lowest BCUT2D eigenvalue weighted by molar-refractivity contribution is 0.102. The Hall–Kier alpha value is -2.37. The predicted molar refractivity (Wildman–Crippen MR) is 96.9 cm³/mol. The van der Waals surface area contributed by atoms with Gasteiger partial charge in [0.2, 0.25) is 0 Å². The van der Waals surface area contributed by atoms with Crippen LogP contribution in [-0.4, -0.2) is 15.7 Å². The molecule has 0 bridgehead atoms. The van der Waals surface area contributed by atoms with Crippen molar-refractivity contribution >= 4 is 34.9 Å². The van der Waals surface area contributed by atoms with Gasteiger partial charge >= 0.3 is 0 Å². The van der Waals surface area contributed by atoms with Crippen LogP contribution in [0.4, 0.5) is 10.2 Å². The quantitative estimate of drug-likeness (QED) is 0.699. The molecule has 4 nitrogen and oxygen atoms in total. The van der Waals surface area contributed by atoms with Crippen molar-refractivity contribution in [1.82, 2.24) is 9.78 Å². The number of carbonyl (C=O) groups excluding carboxylic acids is 1. The van der Waals surface area contributed by atoms with Crippen LogP contribution < -0.4 is 5.32 Å². The zero-order chi connectivity index (χ0) is 18.0. The molecule has 1 N–H and O–H groups in total. The summed E-state index contributed by atoms with van der Waals surface area (Å²) in [4.78, 5) is 12.4. The molecule has 2 aromatic carbocycles. The van der Waals surface area contributed by atoms with Gasteiger partial charge in [0.1, 0.15) is 11.6 Å². The van der Waals surface area contributed by atoms with Gasteiger partial charge in [-0.05, 0) is 36.2 Å². The van der Waals surface area contributed by atoms with E-state index >= 15 is 0 Å². The average molecular weight is 378 g/mol. The lowest BCUT2D eigenvalue weighted by Gasteiger charge is -2.12. The van der Waals surface area contributed by atoms with Crippen molar-refractivity contribution in [3.63, 3.8) is 0 Å². The summed E-state index contributed by atoms with van der Waals surface area (Å²) in [6.45, 7) is 2.08. The molecule has 1 amide bonds. The molecule has 3 aromatic rings. The molecule has 0 atom stereocenters. The summed E-state index contributed by atoms with van der Waals surface area (Å²) in [5.41, 5.74) is 1.73. The van der Waals surface area contributed by atoms with E-state index in [0.717, 1.165) is 5.56 Å². The van der Waals surface area contributed by atoms with E-state index in [4.69, 9.17) is 23.2 Å². The summed E-state index contributed by atoms with van der Waals surface area (Å²) in [5.74, 6) is -0.393. The number of hydrogen-bond donors (Lipinski definition) is 1. The molecule has 0 saturated heterocycles. The number of benzene rings is 2. The third-order valence-corrected chi connectivity index (χ3v) is 4.61. The molecule has 0 spiro atoms. The van der Waals surface area contributed by atoms with Crippen LogP contribution in [0.5, 0.6) is 0 Å². The Balaban J connectivity index is 1.83. The molecular weight excluding hydrogens is 364 g/mol. The second-order valence-corrected chi connectivity index (χ2v) is 6.29. The fraction of sp³-hybridized carbons (Fsp3) is 0.111. The maximum absolute atomic E-state index is 13.4. The molecule has 0 aliphatic rings. The van der Waals surface area contributed by atoms with Gasteiger partial charge in [0.15, 0.2) is 0 Å². The fourth-order valence-corrected chi connectivity index (χ4v) is 2.80. The Morgan fingerprint density at radius 3 is 2.84 bits per heavy atom. The van der Waals surface area contributed by atoms with Crippen LogP contribution in [0.2, 0.25) is 10.0 Å². The SMILES string of the molecule is Cc1ccc(F)cc1C(=O)Nc1ccnn1Cc1cccc(Cl)c1Cl. The number of aromatic nitrogens is 2. The van der Waals surface area contributed by atoms with Gasteiger partial charge in [0.05, 0.1) is 22.8 Å². The zero-order valence-corrected chi connectivity index (χ0v) is 14.8. The smallest absolute Gasteiger partial charge is 0.257 e. The highest BCUT2D eigenvalue weighted by atomic mass is 35.5. The Bertz CT molecular complexity index is 940. The van der Waals surface area contributed by atoms with Crippen LogP contribution >= 0.6 is 23.2 Å². The molecular formula is C18H14Cl2FN3O. The van der Waals surface area contributed by atoms with Crippen molar-refractivity contribution in [2.45, 2.75) is 13.5 Å². The van der Waals surface area contributed by atoms with Gasteiger partial charge < -0.3 is 5.32 Å². The summed E-state index contributed by atoms with van der Waals surface area (Å²) in [6, 6.07) is 11.1. The van der Waals surface area contributed by atoms with Gasteiger partial charge in [0, 0.05) is 11.6 Å². The molecule has 128 valence electrons. The van der Waals surface area contributed by atoms with Crippen molar-refractivity contribution in [2.75, 3.05) is 5.32 Å². The van der Waals surface area contributed by atoms with Crippen molar-refractivity contribution in [3.8, 4) is 0 Å². The van der Waals surface area contributed by atoms with Gasteiger partial charge in [-0.25, -0.2) is 9.07 Å². The molecule has 0 aliphatic carbocycles. The fourth-order valence-electron chi connectivity index (χ4n) is 2.42. The summed E-state index contributed by atoms with van der Waals surface area (Å²) >= 11 is 12.2. The maximum atomic E-state index is 13.4. The molecule has 0 unspecified atom stereocenters. The number of amides is 1. The van der Waals surface area contributed by atoms with E-state index < -0.39 is 11.7 Å². The van der Waals surface area contributed by atoms with Gasteiger partial charge in [-0.15, -0.1) is 0 Å². The summed E-state index contributed by atoms with van der Waals surface area (Å²) in [6.07, 6.45) is 1.56. The predicted octanol–water partition coefficient (Wildman–Crippen LogP) is 4.94. The van der Waals surface area contributed by atoms with E-state index in [2.05, 4.69) is 10.4 Å². The number of carbonyl (C=O) groups is 1. The highest BCUT2D eigenvalue weighted by Gasteiger charge is 2.14. The Morgan fingerprint density at radius 2 is 2.04 bits per heavy atom. The van der Waals surface area contributed by atoms with Crippen molar-refractivity contribution in [1.29, 1.82) is 0 Å². The average Bonchev–Trinajstić information content (AvgIpc) is 3.01. The van der Waals surface area contributed by atoms with Crippen LogP contribution in [0.1, 0.15) is 21.5 Å². The van der Waals surface area contributed by atoms with Gasteiger partial charge in [-0.1, -0.05) is 41.4 Å². The van der Waals surface area contributed by atoms with Crippen molar-refractivity contribution < 1.29 is 9.18 Å². The lowest BCUT2D eigenvalue weighted by Crippen LogP contribution is -2.17. The first-order valence-electron chi connectivity index (χ1n) is 7.48. The highest BCUT2D eigenvalue weighted by molar-refractivity contribution is 6.42. The maximum Gasteiger partial charge on any atom is 0.257 e. The summed E-state index contributed by atoms with van der Waals surface area (Å²) < 4.78 is 15.0. The van der Waals surface area contributed by atoms with Crippen LogP contribution in [0, 0.1) is 12.7 Å². The van der Waals surface area contributed by atoms with E-state index in [1.54, 1.807) is 42.1 Å². The molecule has 0 radical (unpaired) electrons. The number of hydrogen-bond acceptors (Lipinski definition) is 2. The van der Waals surface area contributed by atoms with Crippen LogP contribution in [0.25, 0.3) is 0 Å². The largest absolute Gasteiger partial charge is 0.307 e. The monoisotopic (exact) mass is 377 g/mol. The third-order valence-electron chi connectivity index (χ3n) is 3.75. The zero-order valence-electron chi connectivity index (χ0n) is 13.3. The number of nitrogens with one attached hydrogen (secondary N) is 1. The Labute approximate surface area is 154 Å². The summed E-state index contributed by atoms with van der Waals surface area (Å²) in [5, 5.41) is 7.84. The molecule has 25 heavy (non-hydrogen) atoms. The molecule has 7 heteroatoms. The first kappa shape index (κ1) is 17.5. The Kier molecular flexibility index (Phi) is 5.06. The number of aryl methyl sites for hydroxylation is 1. The number of rotatable bonds is 4. The van der Waals surface area contributed by atoms with Crippen molar-refractivity contribution in [2.24, 2.45) is 0 Å². The van der Waals surface area contributed by atoms with E-state index in [-0.39, 0.29) is 5.56 Å². The molecule has 0 saturated carbocycles. The molecule has 0 fully saturated rings. The Morgan fingerprint density at radius 1 is 1.24 bits per heavy atom. The molecule has 3 rings (SSSR count). The van der Waals surface area contributed by atoms with Crippen LogP contribution in [-0.2, 0) is 6.54 Å². The van der Waals surface area contributed by atoms with Crippen molar-refractivity contribution in [3.05, 3.63) is 81.2 Å². The van der Waals surface area contributed by atoms with E-state index in [1.165, 1.54) is 12.1 Å². The van der Waals surface area contributed by atoms with E-state index in [9.17, 15) is 9.18 Å². The van der Waals surface area contributed by atoms with Crippen LogP contribution in [0.15, 0.2) is 48.7 Å². The minimum absolute atomic E-state index is 0.272. The second kappa shape index (κ2) is 7.25. The highest BCUT2D eigenvalue weighted by Crippen LogP contribution is 2.26. The van der Waals surface area contributed by atoms with Gasteiger partial charge in [0.25, 0.3) is 5.91 Å². The normalized spacial score (nSPS) is 10.7. The van der Waals surface area contributed by atoms with Crippen LogP contribution in [0.3, 0.4) is 0 Å². The third kappa shape index (κ3) is 3.83. The minimum Gasteiger partial charge on any atom is -0.307 e. The minimum atomic E-state index is -0.463. The summed E-state index contributed by atoms with van der Waals surface area (Å²) in [7, 11) is 0. The number of halogens is 3. The number of anilines is 1. The first-order valence-corrected chi connectivity index (χ1v) is 8.23. The molecule has 0 aliphatic heterocycles. The lowest BCUT2D eigenvalue weighted by atomic mass is 10.1. The topological polar surface area (TPSA) is 46.9 Å².